The lowest BCUT2D eigenvalue weighted by atomic mass is 10.1. The van der Waals surface area contributed by atoms with E-state index in [9.17, 15) is 13.2 Å². The predicted molar refractivity (Wildman–Crippen MR) is 98.5 cm³/mol. The number of pyridine rings is 2. The van der Waals surface area contributed by atoms with E-state index in [1.54, 1.807) is 24.4 Å². The minimum absolute atomic E-state index is 0.177. The molecule has 0 saturated carbocycles. The number of aromatic nitrogens is 4. The summed E-state index contributed by atoms with van der Waals surface area (Å²) in [6, 6.07) is 6.51. The van der Waals surface area contributed by atoms with Crippen molar-refractivity contribution in [1.29, 1.82) is 0 Å². The summed E-state index contributed by atoms with van der Waals surface area (Å²) in [5, 5.41) is 3.40. The molecule has 0 spiro atoms. The third-order valence-corrected chi connectivity index (χ3v) is 4.46. The van der Waals surface area contributed by atoms with Gasteiger partial charge in [-0.3, -0.25) is 14.9 Å². The quantitative estimate of drug-likeness (QED) is 0.601. The summed E-state index contributed by atoms with van der Waals surface area (Å²) in [6.07, 6.45) is -1.67. The van der Waals surface area contributed by atoms with E-state index in [1.807, 2.05) is 0 Å². The van der Waals surface area contributed by atoms with E-state index in [0.29, 0.717) is 29.3 Å². The van der Waals surface area contributed by atoms with Gasteiger partial charge in [0.05, 0.1) is 24.6 Å². The fourth-order valence-electron chi connectivity index (χ4n) is 2.92. The maximum atomic E-state index is 12.7. The van der Waals surface area contributed by atoms with Crippen LogP contribution in [-0.2, 0) is 10.9 Å². The van der Waals surface area contributed by atoms with Crippen molar-refractivity contribution in [2.75, 3.05) is 39.5 Å². The summed E-state index contributed by atoms with van der Waals surface area (Å²) in [7, 11) is 0. The van der Waals surface area contributed by atoms with Crippen LogP contribution in [0.4, 0.5) is 13.2 Å². The smallest absolute Gasteiger partial charge is 0.471 e. The van der Waals surface area contributed by atoms with Crippen LogP contribution < -0.4 is 4.74 Å². The lowest BCUT2D eigenvalue weighted by Gasteiger charge is -2.26. The van der Waals surface area contributed by atoms with Crippen LogP contribution in [0.2, 0.25) is 0 Å². The maximum Gasteiger partial charge on any atom is 0.471 e. The molecular formula is C19H18F3N5O3. The Morgan fingerprint density at radius 2 is 1.77 bits per heavy atom. The second-order valence-electron chi connectivity index (χ2n) is 6.53. The highest BCUT2D eigenvalue weighted by Gasteiger charge is 2.38. The molecule has 1 saturated heterocycles. The van der Waals surface area contributed by atoms with E-state index in [0.717, 1.165) is 32.8 Å². The first-order chi connectivity index (χ1) is 14.5. The number of halogens is 3. The number of hydrogen-bond donors (Lipinski definition) is 0. The molecule has 1 aliphatic rings. The van der Waals surface area contributed by atoms with Crippen LogP contribution in [0.5, 0.6) is 5.75 Å². The minimum Gasteiger partial charge on any atom is -0.492 e. The highest BCUT2D eigenvalue weighted by Crippen LogP contribution is 2.30. The number of ether oxygens (including phenoxy) is 2. The van der Waals surface area contributed by atoms with Crippen LogP contribution in [0.15, 0.2) is 41.2 Å². The molecule has 1 fully saturated rings. The van der Waals surface area contributed by atoms with E-state index in [2.05, 4.69) is 29.5 Å². The Hall–Kier alpha value is -3.05. The van der Waals surface area contributed by atoms with Crippen molar-refractivity contribution in [2.45, 2.75) is 6.18 Å². The summed E-state index contributed by atoms with van der Waals surface area (Å²) in [5.41, 5.74) is 1.30. The summed E-state index contributed by atoms with van der Waals surface area (Å²) in [4.78, 5) is 14.2. The van der Waals surface area contributed by atoms with Gasteiger partial charge in [-0.15, -0.1) is 0 Å². The van der Waals surface area contributed by atoms with Gasteiger partial charge in [0.1, 0.15) is 12.4 Å². The van der Waals surface area contributed by atoms with Crippen molar-refractivity contribution in [3.63, 3.8) is 0 Å². The summed E-state index contributed by atoms with van der Waals surface area (Å²) >= 11 is 0. The molecule has 4 heterocycles. The van der Waals surface area contributed by atoms with E-state index in [-0.39, 0.29) is 5.82 Å². The standard InChI is InChI=1S/C19H18F3N5O3/c20-19(21,22)18-25-17(26-30-18)13-1-3-23-15(11-13)16-12-14(2-4-24-16)29-10-7-27-5-8-28-9-6-27/h1-4,11-12H,5-10H2. The van der Waals surface area contributed by atoms with Gasteiger partial charge in [0.25, 0.3) is 0 Å². The predicted octanol–water partition coefficient (Wildman–Crippen LogP) is 2.92. The van der Waals surface area contributed by atoms with Crippen LogP contribution in [0, 0.1) is 0 Å². The van der Waals surface area contributed by atoms with Gasteiger partial charge in [0.2, 0.25) is 5.82 Å². The summed E-state index contributed by atoms with van der Waals surface area (Å²) in [6.45, 7) is 4.52. The average Bonchev–Trinajstić information content (AvgIpc) is 3.26. The molecular weight excluding hydrogens is 403 g/mol. The highest BCUT2D eigenvalue weighted by atomic mass is 19.4. The van der Waals surface area contributed by atoms with Gasteiger partial charge < -0.3 is 14.0 Å². The first-order valence-corrected chi connectivity index (χ1v) is 9.26. The van der Waals surface area contributed by atoms with E-state index in [1.165, 1.54) is 12.3 Å². The molecule has 4 rings (SSSR count). The molecule has 0 N–H and O–H groups in total. The van der Waals surface area contributed by atoms with Crippen molar-refractivity contribution in [1.82, 2.24) is 25.0 Å². The third kappa shape index (κ3) is 4.92. The highest BCUT2D eigenvalue weighted by molar-refractivity contribution is 5.64. The molecule has 3 aromatic heterocycles. The Balaban J connectivity index is 1.45. The van der Waals surface area contributed by atoms with Gasteiger partial charge in [-0.1, -0.05) is 5.16 Å². The van der Waals surface area contributed by atoms with E-state index in [4.69, 9.17) is 9.47 Å². The van der Waals surface area contributed by atoms with Crippen LogP contribution in [0.1, 0.15) is 5.89 Å². The topological polar surface area (TPSA) is 86.4 Å². The number of hydrogen-bond acceptors (Lipinski definition) is 8. The average molecular weight is 421 g/mol. The Bertz CT molecular complexity index is 989. The van der Waals surface area contributed by atoms with Crippen LogP contribution in [0.25, 0.3) is 22.8 Å². The first kappa shape index (κ1) is 20.2. The molecule has 1 aliphatic heterocycles. The molecule has 158 valence electrons. The Labute approximate surface area is 169 Å². The maximum absolute atomic E-state index is 12.7. The van der Waals surface area contributed by atoms with Crippen LogP contribution in [-0.4, -0.2) is 64.5 Å². The fourth-order valence-corrected chi connectivity index (χ4v) is 2.92. The van der Waals surface area contributed by atoms with Gasteiger partial charge in [0, 0.05) is 43.7 Å². The van der Waals surface area contributed by atoms with E-state index < -0.39 is 12.1 Å². The summed E-state index contributed by atoms with van der Waals surface area (Å²) < 4.78 is 53.5. The second-order valence-corrected chi connectivity index (χ2v) is 6.53. The molecule has 0 aliphatic carbocycles. The molecule has 0 amide bonds. The van der Waals surface area contributed by atoms with Gasteiger partial charge in [0.15, 0.2) is 0 Å². The number of rotatable bonds is 6. The van der Waals surface area contributed by atoms with Crippen molar-refractivity contribution in [3.05, 3.63) is 42.5 Å². The van der Waals surface area contributed by atoms with Gasteiger partial charge in [-0.2, -0.15) is 18.2 Å². The molecule has 0 unspecified atom stereocenters. The zero-order valence-corrected chi connectivity index (χ0v) is 15.8. The van der Waals surface area contributed by atoms with Crippen molar-refractivity contribution >= 4 is 0 Å². The van der Waals surface area contributed by atoms with Crippen molar-refractivity contribution in [2.24, 2.45) is 0 Å². The fraction of sp³-hybridized carbons (Fsp3) is 0.368. The van der Waals surface area contributed by atoms with Gasteiger partial charge >= 0.3 is 12.1 Å². The number of morpholine rings is 1. The molecule has 0 radical (unpaired) electrons. The second kappa shape index (κ2) is 8.76. The van der Waals surface area contributed by atoms with Crippen LogP contribution >= 0.6 is 0 Å². The van der Waals surface area contributed by atoms with Crippen molar-refractivity contribution in [3.8, 4) is 28.5 Å². The largest absolute Gasteiger partial charge is 0.492 e. The lowest BCUT2D eigenvalue weighted by Crippen LogP contribution is -2.38. The molecule has 11 heteroatoms. The Morgan fingerprint density at radius 3 is 2.50 bits per heavy atom. The molecule has 3 aromatic rings. The van der Waals surface area contributed by atoms with Gasteiger partial charge in [-0.25, -0.2) is 0 Å². The summed E-state index contributed by atoms with van der Waals surface area (Å²) in [5.74, 6) is -0.951. The SMILES string of the molecule is FC(F)(F)c1nc(-c2ccnc(-c3cc(OCCN4CCOCC4)ccn3)c2)no1. The first-order valence-electron chi connectivity index (χ1n) is 9.26. The molecule has 8 nitrogen and oxygen atoms in total. The van der Waals surface area contributed by atoms with Gasteiger partial charge in [-0.05, 0) is 18.2 Å². The Kier molecular flexibility index (Phi) is 5.91. The monoisotopic (exact) mass is 421 g/mol. The molecule has 0 aromatic carbocycles. The molecule has 30 heavy (non-hydrogen) atoms. The number of alkyl halides is 3. The minimum atomic E-state index is -4.70. The van der Waals surface area contributed by atoms with E-state index >= 15 is 0 Å². The normalized spacial score (nSPS) is 15.3. The Morgan fingerprint density at radius 1 is 1.03 bits per heavy atom. The molecule has 0 bridgehead atoms. The number of nitrogens with zero attached hydrogens (tertiary/aromatic N) is 5. The third-order valence-electron chi connectivity index (χ3n) is 4.46. The zero-order chi connectivity index (χ0) is 21.0. The van der Waals surface area contributed by atoms with Crippen LogP contribution in [0.3, 0.4) is 0 Å². The lowest BCUT2D eigenvalue weighted by molar-refractivity contribution is -0.159. The zero-order valence-electron chi connectivity index (χ0n) is 15.8. The molecule has 0 atom stereocenters. The van der Waals surface area contributed by atoms with Crippen molar-refractivity contribution < 1.29 is 27.2 Å².